The highest BCUT2D eigenvalue weighted by Gasteiger charge is 2.50. The number of hydrogen-bond donors (Lipinski definition) is 3. The molecule has 1 saturated heterocycles. The SMILES string of the molecule is CN(C)C1(c2ccccc2)CCC2(CC1)CN(c1cnc(-c3ccc(C(N)=O)cc3)nc1)C(=O)N2.O=C(O)C(F)(F)F. The molecule has 2 aliphatic rings. The molecule has 0 bridgehead atoms. The van der Waals surface area contributed by atoms with Crippen LogP contribution in [0.25, 0.3) is 11.4 Å². The van der Waals surface area contributed by atoms with Crippen molar-refractivity contribution in [3.63, 3.8) is 0 Å². The van der Waals surface area contributed by atoms with Crippen molar-refractivity contribution in [1.29, 1.82) is 0 Å². The summed E-state index contributed by atoms with van der Waals surface area (Å²) in [6.45, 7) is 0.597. The van der Waals surface area contributed by atoms with E-state index in [4.69, 9.17) is 15.6 Å². The van der Waals surface area contributed by atoms with Crippen LogP contribution in [0.3, 0.4) is 0 Å². The van der Waals surface area contributed by atoms with Crippen LogP contribution in [0, 0.1) is 0 Å². The third-order valence-corrected chi connectivity index (χ3v) is 7.90. The molecule has 5 rings (SSSR count). The standard InChI is InChI=1S/C27H30N6O2.C2HF3O2/c1-32(2)27(21-6-4-3-5-7-21)14-12-26(13-15-27)18-33(25(35)31-26)22-16-29-24(30-17-22)20-10-8-19(9-11-20)23(28)34;3-2(4,5)1(6)7/h3-11,16-17H,12-15,18H2,1-2H3,(H2,28,34)(H,31,35);(H,6,7). The molecule has 4 N–H and O–H groups in total. The molecule has 0 unspecified atom stereocenters. The molecule has 222 valence electrons. The lowest BCUT2D eigenvalue weighted by Crippen LogP contribution is -2.54. The third-order valence-electron chi connectivity index (χ3n) is 7.90. The average molecular weight is 585 g/mol. The van der Waals surface area contributed by atoms with Crippen LogP contribution < -0.4 is 16.0 Å². The number of carbonyl (C=O) groups excluding carboxylic acids is 2. The first-order valence-electron chi connectivity index (χ1n) is 13.1. The number of carbonyl (C=O) groups is 3. The monoisotopic (exact) mass is 584 g/mol. The molecule has 0 radical (unpaired) electrons. The fraction of sp³-hybridized carbons (Fsp3) is 0.345. The molecule has 1 aliphatic heterocycles. The Hall–Kier alpha value is -4.52. The number of urea groups is 1. The molecule has 1 aliphatic carbocycles. The van der Waals surface area contributed by atoms with Crippen LogP contribution in [0.15, 0.2) is 67.0 Å². The Bertz CT molecular complexity index is 1420. The zero-order valence-electron chi connectivity index (χ0n) is 23.1. The smallest absolute Gasteiger partial charge is 0.475 e. The first-order valence-corrected chi connectivity index (χ1v) is 13.1. The zero-order valence-corrected chi connectivity index (χ0v) is 23.1. The Balaban J connectivity index is 0.000000517. The van der Waals surface area contributed by atoms with Crippen LogP contribution in [-0.2, 0) is 10.3 Å². The number of carboxylic acid groups (broad SMARTS) is 1. The van der Waals surface area contributed by atoms with Gasteiger partial charge in [-0.15, -0.1) is 0 Å². The zero-order chi connectivity index (χ0) is 30.7. The van der Waals surface area contributed by atoms with Crippen molar-refractivity contribution in [3.8, 4) is 11.4 Å². The van der Waals surface area contributed by atoms with Crippen molar-refractivity contribution >= 4 is 23.6 Å². The van der Waals surface area contributed by atoms with E-state index in [-0.39, 0.29) is 17.1 Å². The Labute approximate surface area is 240 Å². The molecule has 42 heavy (non-hydrogen) atoms. The second-order valence-electron chi connectivity index (χ2n) is 10.6. The number of alkyl halides is 3. The maximum atomic E-state index is 13.0. The molecule has 2 heterocycles. The Morgan fingerprint density at radius 1 is 0.976 bits per heavy atom. The summed E-state index contributed by atoms with van der Waals surface area (Å²) in [6.07, 6.45) is 2.00. The second-order valence-corrected chi connectivity index (χ2v) is 10.6. The summed E-state index contributed by atoms with van der Waals surface area (Å²) in [5.74, 6) is -2.71. The maximum Gasteiger partial charge on any atom is 0.490 e. The van der Waals surface area contributed by atoms with Gasteiger partial charge >= 0.3 is 18.2 Å². The van der Waals surface area contributed by atoms with Gasteiger partial charge in [-0.25, -0.2) is 19.6 Å². The van der Waals surface area contributed by atoms with E-state index in [0.29, 0.717) is 23.6 Å². The number of aromatic nitrogens is 2. The number of rotatable bonds is 5. The van der Waals surface area contributed by atoms with Crippen LogP contribution in [0.2, 0.25) is 0 Å². The van der Waals surface area contributed by atoms with Gasteiger partial charge in [-0.2, -0.15) is 13.2 Å². The summed E-state index contributed by atoms with van der Waals surface area (Å²) in [5.41, 5.74) is 8.23. The Morgan fingerprint density at radius 3 is 2.00 bits per heavy atom. The van der Waals surface area contributed by atoms with Gasteiger partial charge in [0.25, 0.3) is 0 Å². The fourth-order valence-corrected chi connectivity index (χ4v) is 5.48. The van der Waals surface area contributed by atoms with Crippen LogP contribution in [0.4, 0.5) is 23.7 Å². The predicted octanol–water partition coefficient (Wildman–Crippen LogP) is 4.18. The molecule has 1 aromatic heterocycles. The van der Waals surface area contributed by atoms with Gasteiger partial charge in [-0.1, -0.05) is 42.5 Å². The van der Waals surface area contributed by atoms with E-state index < -0.39 is 18.1 Å². The van der Waals surface area contributed by atoms with Crippen molar-refractivity contribution in [3.05, 3.63) is 78.1 Å². The van der Waals surface area contributed by atoms with E-state index in [9.17, 15) is 22.8 Å². The first kappa shape index (κ1) is 30.4. The topological polar surface area (TPSA) is 142 Å². The van der Waals surface area contributed by atoms with Crippen molar-refractivity contribution in [2.75, 3.05) is 25.5 Å². The van der Waals surface area contributed by atoms with E-state index in [0.717, 1.165) is 31.2 Å². The molecule has 0 atom stereocenters. The van der Waals surface area contributed by atoms with Gasteiger partial charge in [0, 0.05) is 16.7 Å². The summed E-state index contributed by atoms with van der Waals surface area (Å²) < 4.78 is 31.7. The molecule has 1 spiro atoms. The summed E-state index contributed by atoms with van der Waals surface area (Å²) in [4.78, 5) is 46.2. The Morgan fingerprint density at radius 2 is 1.52 bits per heavy atom. The highest BCUT2D eigenvalue weighted by Crippen LogP contribution is 2.46. The van der Waals surface area contributed by atoms with Crippen LogP contribution in [0.5, 0.6) is 0 Å². The second kappa shape index (κ2) is 11.8. The summed E-state index contributed by atoms with van der Waals surface area (Å²) in [5, 5.41) is 10.4. The minimum atomic E-state index is -5.08. The minimum absolute atomic E-state index is 0.0283. The number of anilines is 1. The maximum absolute atomic E-state index is 13.0. The molecule has 2 aromatic carbocycles. The van der Waals surface area contributed by atoms with Crippen LogP contribution in [-0.4, -0.2) is 70.2 Å². The van der Waals surface area contributed by atoms with Gasteiger partial charge in [0.1, 0.15) is 0 Å². The van der Waals surface area contributed by atoms with Gasteiger partial charge in [0.05, 0.1) is 30.2 Å². The van der Waals surface area contributed by atoms with E-state index >= 15 is 0 Å². The summed E-state index contributed by atoms with van der Waals surface area (Å²) >= 11 is 0. The highest BCUT2D eigenvalue weighted by molar-refractivity contribution is 5.95. The van der Waals surface area contributed by atoms with Crippen LogP contribution >= 0.6 is 0 Å². The average Bonchev–Trinajstić information content (AvgIpc) is 3.29. The van der Waals surface area contributed by atoms with E-state index in [1.807, 2.05) is 0 Å². The van der Waals surface area contributed by atoms with Crippen molar-refractivity contribution < 1.29 is 32.7 Å². The number of hydrogen-bond acceptors (Lipinski definition) is 6. The molecular formula is C29H31F3N6O4. The number of nitrogens with zero attached hydrogens (tertiary/aromatic N) is 4. The molecule has 10 nitrogen and oxygen atoms in total. The fourth-order valence-electron chi connectivity index (χ4n) is 5.48. The van der Waals surface area contributed by atoms with Gasteiger partial charge in [0.15, 0.2) is 5.82 Å². The normalized spacial score (nSPS) is 22.0. The number of carboxylic acids is 1. The van der Waals surface area contributed by atoms with Crippen molar-refractivity contribution in [2.24, 2.45) is 5.73 Å². The molecular weight excluding hydrogens is 553 g/mol. The number of nitrogens with one attached hydrogen (secondary N) is 1. The molecule has 1 saturated carbocycles. The number of amides is 3. The van der Waals surface area contributed by atoms with Crippen molar-refractivity contribution in [2.45, 2.75) is 42.9 Å². The predicted molar refractivity (Wildman–Crippen MR) is 149 cm³/mol. The van der Waals surface area contributed by atoms with E-state index in [1.165, 1.54) is 5.56 Å². The molecule has 2 fully saturated rings. The quantitative estimate of drug-likeness (QED) is 0.409. The first-order chi connectivity index (χ1) is 19.8. The lowest BCUT2D eigenvalue weighted by Gasteiger charge is -2.48. The van der Waals surface area contributed by atoms with Crippen LogP contribution in [0.1, 0.15) is 41.6 Å². The summed E-state index contributed by atoms with van der Waals surface area (Å²) in [7, 11) is 4.29. The van der Waals surface area contributed by atoms with E-state index in [1.54, 1.807) is 41.6 Å². The minimum Gasteiger partial charge on any atom is -0.475 e. The van der Waals surface area contributed by atoms with Gasteiger partial charge in [0.2, 0.25) is 5.91 Å². The number of benzene rings is 2. The van der Waals surface area contributed by atoms with E-state index in [2.05, 4.69) is 64.6 Å². The van der Waals surface area contributed by atoms with Gasteiger partial charge in [-0.05, 0) is 57.5 Å². The molecule has 13 heteroatoms. The lowest BCUT2D eigenvalue weighted by atomic mass is 9.69. The third kappa shape index (κ3) is 6.35. The number of primary amides is 1. The van der Waals surface area contributed by atoms with Crippen molar-refractivity contribution in [1.82, 2.24) is 20.2 Å². The molecule has 3 aromatic rings. The summed E-state index contributed by atoms with van der Waals surface area (Å²) in [6, 6.07) is 17.4. The number of nitrogens with two attached hydrogens (primary N) is 1. The Kier molecular flexibility index (Phi) is 8.53. The number of halogens is 3. The van der Waals surface area contributed by atoms with Gasteiger partial charge in [-0.3, -0.25) is 14.6 Å². The number of aliphatic carboxylic acids is 1. The largest absolute Gasteiger partial charge is 0.490 e. The molecule has 3 amide bonds. The van der Waals surface area contributed by atoms with Gasteiger partial charge < -0.3 is 16.2 Å². The highest BCUT2D eigenvalue weighted by atomic mass is 19.4. The lowest BCUT2D eigenvalue weighted by molar-refractivity contribution is -0.192.